The minimum Gasteiger partial charge on any atom is -0.347 e. The summed E-state index contributed by atoms with van der Waals surface area (Å²) in [6.45, 7) is 2.02. The van der Waals surface area contributed by atoms with E-state index >= 15 is 0 Å². The molecule has 1 aromatic carbocycles. The largest absolute Gasteiger partial charge is 0.347 e. The second-order valence-corrected chi connectivity index (χ2v) is 6.03. The highest BCUT2D eigenvalue weighted by Crippen LogP contribution is 2.17. The Labute approximate surface area is 126 Å². The number of nitrogens with zero attached hydrogens (tertiary/aromatic N) is 1. The number of para-hydroxylation sites is 1. The van der Waals surface area contributed by atoms with Crippen molar-refractivity contribution in [3.05, 3.63) is 46.8 Å². The van der Waals surface area contributed by atoms with E-state index in [9.17, 15) is 4.79 Å². The molecule has 3 nitrogen and oxygen atoms in total. The van der Waals surface area contributed by atoms with Gasteiger partial charge < -0.3 is 9.88 Å². The molecule has 1 aliphatic carbocycles. The highest BCUT2D eigenvalue weighted by Gasteiger charge is 2.11. The summed E-state index contributed by atoms with van der Waals surface area (Å²) in [6, 6.07) is 10.3. The first-order valence-corrected chi connectivity index (χ1v) is 8.16. The minimum atomic E-state index is 0.113. The van der Waals surface area contributed by atoms with Crippen LogP contribution >= 0.6 is 0 Å². The molecule has 1 aliphatic rings. The predicted molar refractivity (Wildman–Crippen MR) is 87.7 cm³/mol. The van der Waals surface area contributed by atoms with Crippen LogP contribution in [0.4, 0.5) is 0 Å². The van der Waals surface area contributed by atoms with Crippen LogP contribution in [0.5, 0.6) is 0 Å². The number of hydrogen-bond acceptors (Lipinski definition) is 2. The lowest BCUT2D eigenvalue weighted by Gasteiger charge is -2.23. The van der Waals surface area contributed by atoms with Gasteiger partial charge in [-0.25, -0.2) is 0 Å². The highest BCUT2D eigenvalue weighted by atomic mass is 16.1. The van der Waals surface area contributed by atoms with E-state index in [0.29, 0.717) is 0 Å². The van der Waals surface area contributed by atoms with E-state index in [1.807, 2.05) is 30.5 Å². The molecule has 0 spiro atoms. The molecule has 0 atom stereocenters. The number of pyridine rings is 1. The van der Waals surface area contributed by atoms with Crippen LogP contribution in [0.15, 0.2) is 41.3 Å². The van der Waals surface area contributed by atoms with E-state index in [1.54, 1.807) is 6.07 Å². The SMILES string of the molecule is O=c1ccn(CCCNC2CCCCC2)c2ccccc12. The maximum atomic E-state index is 11.8. The topological polar surface area (TPSA) is 34.0 Å². The van der Waals surface area contributed by atoms with Gasteiger partial charge in [-0.2, -0.15) is 0 Å². The van der Waals surface area contributed by atoms with Crippen molar-refractivity contribution in [2.75, 3.05) is 6.54 Å². The molecule has 21 heavy (non-hydrogen) atoms. The second kappa shape index (κ2) is 6.90. The molecule has 0 amide bonds. The summed E-state index contributed by atoms with van der Waals surface area (Å²) in [6.07, 6.45) is 9.85. The normalized spacial score (nSPS) is 16.4. The molecule has 1 fully saturated rings. The van der Waals surface area contributed by atoms with Crippen molar-refractivity contribution < 1.29 is 0 Å². The summed E-state index contributed by atoms with van der Waals surface area (Å²) in [4.78, 5) is 11.8. The van der Waals surface area contributed by atoms with Crippen molar-refractivity contribution in [1.82, 2.24) is 9.88 Å². The highest BCUT2D eigenvalue weighted by molar-refractivity contribution is 5.78. The lowest BCUT2D eigenvalue weighted by atomic mass is 9.95. The van der Waals surface area contributed by atoms with E-state index in [2.05, 4.69) is 9.88 Å². The smallest absolute Gasteiger partial charge is 0.189 e. The molecule has 2 aromatic rings. The van der Waals surface area contributed by atoms with Gasteiger partial charge in [-0.15, -0.1) is 0 Å². The maximum Gasteiger partial charge on any atom is 0.189 e. The average Bonchev–Trinajstić information content (AvgIpc) is 2.55. The molecule has 112 valence electrons. The van der Waals surface area contributed by atoms with Crippen molar-refractivity contribution >= 4 is 10.9 Å². The van der Waals surface area contributed by atoms with E-state index in [-0.39, 0.29) is 5.43 Å². The number of rotatable bonds is 5. The van der Waals surface area contributed by atoms with E-state index in [0.717, 1.165) is 36.5 Å². The van der Waals surface area contributed by atoms with E-state index in [4.69, 9.17) is 0 Å². The van der Waals surface area contributed by atoms with Gasteiger partial charge in [0.1, 0.15) is 0 Å². The van der Waals surface area contributed by atoms with Gasteiger partial charge in [0.25, 0.3) is 0 Å². The van der Waals surface area contributed by atoms with E-state index < -0.39 is 0 Å². The van der Waals surface area contributed by atoms with Gasteiger partial charge in [-0.3, -0.25) is 4.79 Å². The molecule has 1 saturated carbocycles. The van der Waals surface area contributed by atoms with Gasteiger partial charge in [0, 0.05) is 30.2 Å². The zero-order chi connectivity index (χ0) is 14.5. The molecular formula is C18H24N2O. The number of benzene rings is 1. The Morgan fingerprint density at radius 2 is 1.90 bits per heavy atom. The number of fused-ring (bicyclic) bond motifs is 1. The summed E-state index contributed by atoms with van der Waals surface area (Å²) in [5, 5.41) is 4.50. The van der Waals surface area contributed by atoms with Crippen LogP contribution in [0.3, 0.4) is 0 Å². The standard InChI is InChI=1S/C18H24N2O/c21-18-11-14-20(17-10-5-4-9-16(17)18)13-6-12-19-15-7-2-1-3-8-15/h4-5,9-11,14-15,19H,1-3,6-8,12-13H2. The molecule has 1 heterocycles. The predicted octanol–water partition coefficient (Wildman–Crippen LogP) is 3.31. The van der Waals surface area contributed by atoms with Crippen molar-refractivity contribution in [3.8, 4) is 0 Å². The molecule has 1 aromatic heterocycles. The summed E-state index contributed by atoms with van der Waals surface area (Å²) >= 11 is 0. The molecular weight excluding hydrogens is 260 g/mol. The Balaban J connectivity index is 1.58. The number of aromatic nitrogens is 1. The minimum absolute atomic E-state index is 0.113. The average molecular weight is 284 g/mol. The van der Waals surface area contributed by atoms with Crippen molar-refractivity contribution in [2.24, 2.45) is 0 Å². The Bertz CT molecular complexity index is 641. The molecule has 0 saturated heterocycles. The van der Waals surface area contributed by atoms with E-state index in [1.165, 1.54) is 32.1 Å². The Morgan fingerprint density at radius 1 is 1.10 bits per heavy atom. The molecule has 0 radical (unpaired) electrons. The second-order valence-electron chi connectivity index (χ2n) is 6.03. The third kappa shape index (κ3) is 3.53. The van der Waals surface area contributed by atoms with Crippen LogP contribution in [-0.4, -0.2) is 17.2 Å². The van der Waals surface area contributed by atoms with Crippen LogP contribution in [0, 0.1) is 0 Å². The first-order valence-electron chi connectivity index (χ1n) is 8.16. The summed E-state index contributed by atoms with van der Waals surface area (Å²) in [5.74, 6) is 0. The van der Waals surface area contributed by atoms with Crippen LogP contribution < -0.4 is 10.7 Å². The lowest BCUT2D eigenvalue weighted by molar-refractivity contribution is 0.369. The molecule has 0 bridgehead atoms. The fourth-order valence-electron chi connectivity index (χ4n) is 3.32. The summed E-state index contributed by atoms with van der Waals surface area (Å²) in [5.41, 5.74) is 1.16. The van der Waals surface area contributed by atoms with Crippen LogP contribution in [0.1, 0.15) is 38.5 Å². The monoisotopic (exact) mass is 284 g/mol. The number of hydrogen-bond donors (Lipinski definition) is 1. The molecule has 1 N–H and O–H groups in total. The number of aryl methyl sites for hydroxylation is 1. The Kier molecular flexibility index (Phi) is 4.71. The third-order valence-electron chi connectivity index (χ3n) is 4.50. The molecule has 3 heteroatoms. The van der Waals surface area contributed by atoms with Gasteiger partial charge in [0.2, 0.25) is 0 Å². The van der Waals surface area contributed by atoms with Crippen molar-refractivity contribution in [1.29, 1.82) is 0 Å². The van der Waals surface area contributed by atoms with Crippen LogP contribution in [0.25, 0.3) is 10.9 Å². The van der Waals surface area contributed by atoms with Gasteiger partial charge >= 0.3 is 0 Å². The molecule has 0 unspecified atom stereocenters. The molecule has 3 rings (SSSR count). The zero-order valence-electron chi connectivity index (χ0n) is 12.6. The Hall–Kier alpha value is -1.61. The summed E-state index contributed by atoms with van der Waals surface area (Å²) in [7, 11) is 0. The fraction of sp³-hybridized carbons (Fsp3) is 0.500. The molecule has 0 aliphatic heterocycles. The number of nitrogens with one attached hydrogen (secondary N) is 1. The van der Waals surface area contributed by atoms with Crippen LogP contribution in [-0.2, 0) is 6.54 Å². The summed E-state index contributed by atoms with van der Waals surface area (Å²) < 4.78 is 2.19. The van der Waals surface area contributed by atoms with Crippen molar-refractivity contribution in [2.45, 2.75) is 51.1 Å². The quantitative estimate of drug-likeness (QED) is 0.855. The van der Waals surface area contributed by atoms with Crippen molar-refractivity contribution in [3.63, 3.8) is 0 Å². The third-order valence-corrected chi connectivity index (χ3v) is 4.50. The Morgan fingerprint density at radius 3 is 2.76 bits per heavy atom. The van der Waals surface area contributed by atoms with Gasteiger partial charge in [-0.05, 0) is 37.9 Å². The van der Waals surface area contributed by atoms with Crippen LogP contribution in [0.2, 0.25) is 0 Å². The lowest BCUT2D eigenvalue weighted by Crippen LogP contribution is -2.32. The first kappa shape index (κ1) is 14.3. The fourth-order valence-corrected chi connectivity index (χ4v) is 3.32. The first-order chi connectivity index (χ1) is 10.3. The van der Waals surface area contributed by atoms with Gasteiger partial charge in [0.15, 0.2) is 5.43 Å². The maximum absolute atomic E-state index is 11.8. The zero-order valence-corrected chi connectivity index (χ0v) is 12.6. The van der Waals surface area contributed by atoms with Gasteiger partial charge in [-0.1, -0.05) is 31.4 Å². The van der Waals surface area contributed by atoms with Gasteiger partial charge in [0.05, 0.1) is 5.52 Å².